The van der Waals surface area contributed by atoms with Gasteiger partial charge in [0.2, 0.25) is 11.8 Å². The minimum absolute atomic E-state index is 0.0559. The van der Waals surface area contributed by atoms with E-state index in [4.69, 9.17) is 0 Å². The molecule has 1 aliphatic heterocycles. The van der Waals surface area contributed by atoms with Crippen molar-refractivity contribution in [1.82, 2.24) is 10.2 Å². The monoisotopic (exact) mass is 268 g/mol. The number of hydrogen-bond acceptors (Lipinski definition) is 3. The molecule has 0 atom stereocenters. The first-order valence-corrected chi connectivity index (χ1v) is 7.25. The van der Waals surface area contributed by atoms with Crippen LogP contribution < -0.4 is 5.32 Å². The van der Waals surface area contributed by atoms with Crippen LogP contribution in [-0.4, -0.2) is 47.1 Å². The Bertz CT molecular complexity index is 349. The molecule has 0 spiro atoms. The lowest BCUT2D eigenvalue weighted by Gasteiger charge is -2.35. The first-order valence-electron chi connectivity index (χ1n) is 7.25. The molecule has 5 nitrogen and oxygen atoms in total. The van der Waals surface area contributed by atoms with Crippen molar-refractivity contribution in [2.24, 2.45) is 5.92 Å². The van der Waals surface area contributed by atoms with Gasteiger partial charge in [-0.1, -0.05) is 6.92 Å². The lowest BCUT2D eigenvalue weighted by atomic mass is 9.79. The minimum Gasteiger partial charge on any atom is -0.388 e. The van der Waals surface area contributed by atoms with E-state index in [-0.39, 0.29) is 18.4 Å². The molecule has 0 radical (unpaired) electrons. The molecule has 5 heteroatoms. The molecule has 2 amide bonds. The van der Waals surface area contributed by atoms with Gasteiger partial charge in [0.15, 0.2) is 0 Å². The van der Waals surface area contributed by atoms with Crippen LogP contribution in [0.1, 0.15) is 45.4 Å². The zero-order valence-electron chi connectivity index (χ0n) is 11.7. The van der Waals surface area contributed by atoms with E-state index in [9.17, 15) is 14.7 Å². The van der Waals surface area contributed by atoms with Gasteiger partial charge >= 0.3 is 0 Å². The fourth-order valence-corrected chi connectivity index (χ4v) is 2.84. The van der Waals surface area contributed by atoms with Crippen LogP contribution in [0.5, 0.6) is 0 Å². The summed E-state index contributed by atoms with van der Waals surface area (Å²) >= 11 is 0. The molecule has 1 heterocycles. The lowest BCUT2D eigenvalue weighted by Crippen LogP contribution is -2.47. The Balaban J connectivity index is 1.72. The maximum atomic E-state index is 11.8. The third-order valence-corrected chi connectivity index (χ3v) is 4.33. The topological polar surface area (TPSA) is 69.6 Å². The fraction of sp³-hybridized carbons (Fsp3) is 0.857. The van der Waals surface area contributed by atoms with Gasteiger partial charge in [0, 0.05) is 19.5 Å². The highest BCUT2D eigenvalue weighted by atomic mass is 16.3. The fourth-order valence-electron chi connectivity index (χ4n) is 2.84. The number of likely N-dealkylation sites (tertiary alicyclic amines) is 1. The van der Waals surface area contributed by atoms with Crippen LogP contribution in [0.3, 0.4) is 0 Å². The number of hydrogen-bond donors (Lipinski definition) is 2. The van der Waals surface area contributed by atoms with Gasteiger partial charge in [-0.15, -0.1) is 0 Å². The van der Waals surface area contributed by atoms with E-state index < -0.39 is 5.60 Å². The van der Waals surface area contributed by atoms with Crippen LogP contribution in [0.4, 0.5) is 0 Å². The normalized spacial score (nSPS) is 31.6. The van der Waals surface area contributed by atoms with Crippen molar-refractivity contribution in [1.29, 1.82) is 0 Å². The van der Waals surface area contributed by atoms with Gasteiger partial charge in [-0.2, -0.15) is 0 Å². The Kier molecular flexibility index (Phi) is 4.45. The Labute approximate surface area is 114 Å². The molecule has 0 aromatic rings. The quantitative estimate of drug-likeness (QED) is 0.787. The van der Waals surface area contributed by atoms with E-state index in [1.54, 1.807) is 4.90 Å². The smallest absolute Gasteiger partial charge is 0.239 e. The summed E-state index contributed by atoms with van der Waals surface area (Å²) in [5, 5.41) is 13.1. The van der Waals surface area contributed by atoms with Gasteiger partial charge in [-0.05, 0) is 38.0 Å². The number of rotatable bonds is 4. The summed E-state index contributed by atoms with van der Waals surface area (Å²) in [7, 11) is 0. The van der Waals surface area contributed by atoms with Gasteiger partial charge in [0.1, 0.15) is 0 Å². The molecule has 1 aliphatic carbocycles. The third kappa shape index (κ3) is 3.93. The van der Waals surface area contributed by atoms with Crippen molar-refractivity contribution >= 4 is 11.8 Å². The molecule has 0 aromatic carbocycles. The Morgan fingerprint density at radius 2 is 2.16 bits per heavy atom. The second-order valence-electron chi connectivity index (χ2n) is 6.10. The van der Waals surface area contributed by atoms with Crippen molar-refractivity contribution < 1.29 is 14.7 Å². The zero-order valence-corrected chi connectivity index (χ0v) is 11.7. The van der Waals surface area contributed by atoms with Gasteiger partial charge in [-0.25, -0.2) is 0 Å². The van der Waals surface area contributed by atoms with Crippen molar-refractivity contribution in [2.75, 3.05) is 19.6 Å². The second kappa shape index (κ2) is 5.90. The van der Waals surface area contributed by atoms with Crippen LogP contribution >= 0.6 is 0 Å². The largest absolute Gasteiger partial charge is 0.388 e. The van der Waals surface area contributed by atoms with E-state index >= 15 is 0 Å². The molecule has 2 fully saturated rings. The number of carbonyl (C=O) groups excluding carboxylic acids is 2. The van der Waals surface area contributed by atoms with Crippen LogP contribution in [-0.2, 0) is 9.59 Å². The SMILES string of the molecule is CC1CCC(O)(CNC(=O)CN2CCCC2=O)CC1. The first-order chi connectivity index (χ1) is 8.98. The molecule has 1 saturated carbocycles. The maximum absolute atomic E-state index is 11.8. The van der Waals surface area contributed by atoms with Gasteiger partial charge in [0.25, 0.3) is 0 Å². The Morgan fingerprint density at radius 1 is 1.47 bits per heavy atom. The molecular formula is C14H24N2O3. The third-order valence-electron chi connectivity index (χ3n) is 4.33. The van der Waals surface area contributed by atoms with E-state index in [0.717, 1.165) is 32.1 Å². The molecule has 1 saturated heterocycles. The van der Waals surface area contributed by atoms with Crippen molar-refractivity contribution in [3.63, 3.8) is 0 Å². The summed E-state index contributed by atoms with van der Waals surface area (Å²) in [4.78, 5) is 24.8. The van der Waals surface area contributed by atoms with Crippen molar-refractivity contribution in [3.8, 4) is 0 Å². The average Bonchev–Trinajstić information content (AvgIpc) is 2.77. The number of nitrogens with one attached hydrogen (secondary N) is 1. The molecule has 19 heavy (non-hydrogen) atoms. The number of carbonyl (C=O) groups is 2. The van der Waals surface area contributed by atoms with Crippen LogP contribution in [0.15, 0.2) is 0 Å². The van der Waals surface area contributed by atoms with Crippen molar-refractivity contribution in [2.45, 2.75) is 51.0 Å². The summed E-state index contributed by atoms with van der Waals surface area (Å²) in [5.41, 5.74) is -0.753. The van der Waals surface area contributed by atoms with Crippen LogP contribution in [0.25, 0.3) is 0 Å². The number of amides is 2. The summed E-state index contributed by atoms with van der Waals surface area (Å²) in [6.07, 6.45) is 4.91. The molecule has 2 aliphatic rings. The summed E-state index contributed by atoms with van der Waals surface area (Å²) in [6.45, 7) is 3.30. The number of nitrogens with zero attached hydrogens (tertiary/aromatic N) is 1. The molecule has 0 unspecified atom stereocenters. The summed E-state index contributed by atoms with van der Waals surface area (Å²) in [5.74, 6) is 0.556. The minimum atomic E-state index is -0.753. The van der Waals surface area contributed by atoms with E-state index in [2.05, 4.69) is 12.2 Å². The molecular weight excluding hydrogens is 244 g/mol. The standard InChI is InChI=1S/C14H24N2O3/c1-11-4-6-14(19,7-5-11)10-15-12(17)9-16-8-2-3-13(16)18/h11,19H,2-10H2,1H3,(H,15,17). The average molecular weight is 268 g/mol. The zero-order chi connectivity index (χ0) is 13.9. The van der Waals surface area contributed by atoms with Crippen LogP contribution in [0.2, 0.25) is 0 Å². The highest BCUT2D eigenvalue weighted by molar-refractivity contribution is 5.85. The molecule has 108 valence electrons. The predicted molar refractivity (Wildman–Crippen MR) is 71.4 cm³/mol. The summed E-state index contributed by atoms with van der Waals surface area (Å²) < 4.78 is 0. The van der Waals surface area contributed by atoms with E-state index in [0.29, 0.717) is 25.4 Å². The number of aliphatic hydroxyl groups is 1. The van der Waals surface area contributed by atoms with Gasteiger partial charge < -0.3 is 15.3 Å². The van der Waals surface area contributed by atoms with Crippen molar-refractivity contribution in [3.05, 3.63) is 0 Å². The molecule has 0 aromatic heterocycles. The van der Waals surface area contributed by atoms with Gasteiger partial charge in [-0.3, -0.25) is 9.59 Å². The van der Waals surface area contributed by atoms with Crippen LogP contribution in [0, 0.1) is 5.92 Å². The highest BCUT2D eigenvalue weighted by Crippen LogP contribution is 2.31. The van der Waals surface area contributed by atoms with E-state index in [1.807, 2.05) is 0 Å². The lowest BCUT2D eigenvalue weighted by molar-refractivity contribution is -0.133. The predicted octanol–water partition coefficient (Wildman–Crippen LogP) is 0.666. The maximum Gasteiger partial charge on any atom is 0.239 e. The van der Waals surface area contributed by atoms with E-state index in [1.165, 1.54) is 0 Å². The van der Waals surface area contributed by atoms with Gasteiger partial charge in [0.05, 0.1) is 12.1 Å². The Hall–Kier alpha value is -1.10. The first kappa shape index (κ1) is 14.3. The highest BCUT2D eigenvalue weighted by Gasteiger charge is 2.32. The summed E-state index contributed by atoms with van der Waals surface area (Å²) in [6, 6.07) is 0. The second-order valence-corrected chi connectivity index (χ2v) is 6.10. The Morgan fingerprint density at radius 3 is 2.74 bits per heavy atom. The molecule has 2 rings (SSSR count). The molecule has 0 bridgehead atoms. The molecule has 2 N–H and O–H groups in total.